The number of piperidine rings is 1. The average Bonchev–Trinajstić information content (AvgIpc) is 3.45. The minimum atomic E-state index is -0.114. The third kappa shape index (κ3) is 5.75. The molecule has 2 heterocycles. The molecule has 0 amide bonds. The number of rotatable bonds is 8. The first-order valence-electron chi connectivity index (χ1n) is 15.8. The first kappa shape index (κ1) is 28.6. The predicted octanol–water partition coefficient (Wildman–Crippen LogP) is 6.13. The van der Waals surface area contributed by atoms with E-state index >= 15 is 0 Å². The van der Waals surface area contributed by atoms with Crippen molar-refractivity contribution in [1.82, 2.24) is 4.90 Å². The summed E-state index contributed by atoms with van der Waals surface area (Å²) in [6, 6.07) is 0. The topological polar surface area (TPSA) is 57.2 Å². The molecule has 0 N–H and O–H groups in total. The van der Waals surface area contributed by atoms with Gasteiger partial charge in [0.1, 0.15) is 0 Å². The quantitative estimate of drug-likeness (QED) is 0.277. The number of hydrogen-bond acceptors (Lipinski definition) is 6. The van der Waals surface area contributed by atoms with Crippen molar-refractivity contribution in [3.8, 4) is 0 Å². The third-order valence-electron chi connectivity index (χ3n) is 11.2. The Kier molecular flexibility index (Phi) is 9.24. The fraction of sp³-hybridized carbons (Fsp3) is 0.906. The highest BCUT2D eigenvalue weighted by Crippen LogP contribution is 2.63. The summed E-state index contributed by atoms with van der Waals surface area (Å²) in [5.74, 6) is 1.69. The van der Waals surface area contributed by atoms with Crippen LogP contribution in [-0.2, 0) is 23.7 Å². The molecule has 6 nitrogen and oxygen atoms in total. The van der Waals surface area contributed by atoms with Gasteiger partial charge in [0.05, 0.1) is 32.0 Å². The number of hydrogen-bond donors (Lipinski definition) is 0. The Balaban J connectivity index is 1.17. The Morgan fingerprint density at radius 2 is 1.84 bits per heavy atom. The minimum absolute atomic E-state index is 0.0301. The van der Waals surface area contributed by atoms with Gasteiger partial charge in [0, 0.05) is 31.0 Å². The van der Waals surface area contributed by atoms with Gasteiger partial charge in [-0.3, -0.25) is 9.69 Å². The lowest BCUT2D eigenvalue weighted by molar-refractivity contribution is -0.316. The van der Waals surface area contributed by atoms with Gasteiger partial charge in [-0.25, -0.2) is 0 Å². The zero-order valence-electron chi connectivity index (χ0n) is 24.6. The van der Waals surface area contributed by atoms with Gasteiger partial charge in [0.2, 0.25) is 0 Å². The molecule has 0 aromatic heterocycles. The molecule has 0 radical (unpaired) electrons. The van der Waals surface area contributed by atoms with Gasteiger partial charge >= 0.3 is 5.97 Å². The lowest BCUT2D eigenvalue weighted by atomic mass is 9.46. The van der Waals surface area contributed by atoms with Crippen molar-refractivity contribution in [2.75, 3.05) is 39.5 Å². The van der Waals surface area contributed by atoms with E-state index in [0.717, 1.165) is 52.0 Å². The van der Waals surface area contributed by atoms with Crippen LogP contribution in [0.25, 0.3) is 0 Å². The van der Waals surface area contributed by atoms with Crippen molar-refractivity contribution in [1.29, 1.82) is 0 Å². The number of fused-ring (bicyclic) bond motifs is 3. The molecule has 5 fully saturated rings. The Morgan fingerprint density at radius 1 is 1.08 bits per heavy atom. The van der Waals surface area contributed by atoms with Crippen LogP contribution in [0, 0.1) is 28.6 Å². The van der Waals surface area contributed by atoms with Crippen molar-refractivity contribution in [3.05, 3.63) is 11.6 Å². The molecule has 38 heavy (non-hydrogen) atoms. The second-order valence-electron chi connectivity index (χ2n) is 13.3. The third-order valence-corrected chi connectivity index (χ3v) is 11.2. The second-order valence-corrected chi connectivity index (χ2v) is 13.3. The highest BCUT2D eigenvalue weighted by atomic mass is 16.7. The van der Waals surface area contributed by atoms with E-state index in [1.54, 1.807) is 5.57 Å². The van der Waals surface area contributed by atoms with E-state index in [-0.39, 0.29) is 23.1 Å². The van der Waals surface area contributed by atoms with E-state index in [0.29, 0.717) is 43.1 Å². The number of likely N-dealkylation sites (tertiary alicyclic amines) is 1. The molecule has 0 aromatic carbocycles. The van der Waals surface area contributed by atoms with Gasteiger partial charge in [0.25, 0.3) is 0 Å². The van der Waals surface area contributed by atoms with Crippen LogP contribution in [0.4, 0.5) is 0 Å². The number of esters is 1. The van der Waals surface area contributed by atoms with E-state index in [9.17, 15) is 4.79 Å². The maximum Gasteiger partial charge on any atom is 0.320 e. The molecule has 0 bridgehead atoms. The lowest BCUT2D eigenvalue weighted by Crippen LogP contribution is -2.62. The van der Waals surface area contributed by atoms with Gasteiger partial charge in [-0.15, -0.1) is 0 Å². The number of carbonyl (C=O) groups is 1. The molecule has 2 aliphatic heterocycles. The van der Waals surface area contributed by atoms with Crippen molar-refractivity contribution in [2.24, 2.45) is 28.6 Å². The van der Waals surface area contributed by atoms with Crippen LogP contribution in [0.5, 0.6) is 0 Å². The summed E-state index contributed by atoms with van der Waals surface area (Å²) >= 11 is 0. The predicted molar refractivity (Wildman–Crippen MR) is 149 cm³/mol. The summed E-state index contributed by atoms with van der Waals surface area (Å²) in [6.45, 7) is 13.5. The normalized spacial score (nSPS) is 40.2. The zero-order chi connectivity index (χ0) is 26.8. The van der Waals surface area contributed by atoms with Crippen molar-refractivity contribution in [3.63, 3.8) is 0 Å². The Labute approximate surface area is 231 Å². The smallest absolute Gasteiger partial charge is 0.320 e. The van der Waals surface area contributed by atoms with Crippen LogP contribution in [0.2, 0.25) is 0 Å². The average molecular weight is 532 g/mol. The molecule has 3 aliphatic carbocycles. The van der Waals surface area contributed by atoms with E-state index < -0.39 is 0 Å². The molecule has 0 aromatic rings. The standard InChI is InChI=1S/C32H53NO5/c1-5-23-11-12-27-31(3,17-13-28-32(27,4)22-37-30(38-28)24-9-7-8-10-24)26(23)16-20-36-25-14-18-33(19-15-25)21-29(34)35-6-2/h5,24-28,30H,6-22H2,1-4H3/b23-5+/t26-,27?,28-,30-,31+,32+/m1/s1. The molecule has 6 atom stereocenters. The molecule has 1 unspecified atom stereocenters. The van der Waals surface area contributed by atoms with Crippen LogP contribution in [0.3, 0.4) is 0 Å². The monoisotopic (exact) mass is 531 g/mol. The largest absolute Gasteiger partial charge is 0.465 e. The van der Waals surface area contributed by atoms with Crippen LogP contribution in [0.1, 0.15) is 98.3 Å². The second kappa shape index (κ2) is 12.3. The first-order valence-corrected chi connectivity index (χ1v) is 15.8. The number of allylic oxidation sites excluding steroid dienone is 2. The lowest BCUT2D eigenvalue weighted by Gasteiger charge is -2.63. The minimum Gasteiger partial charge on any atom is -0.465 e. The van der Waals surface area contributed by atoms with Crippen LogP contribution in [0.15, 0.2) is 11.6 Å². The number of carbonyl (C=O) groups excluding carboxylic acids is 1. The van der Waals surface area contributed by atoms with E-state index in [1.807, 2.05) is 6.92 Å². The number of nitrogens with zero attached hydrogens (tertiary/aromatic N) is 1. The SMILES string of the molecule is C/C=C1\CCC2[C@]3(C)CO[C@@H](C4CCCC4)O[C@@H]3CC[C@@]2(C)[C@@H]1CCOC1CCN(CC(=O)OCC)CC1. The summed E-state index contributed by atoms with van der Waals surface area (Å²) < 4.78 is 24.9. The molecule has 5 rings (SSSR count). The van der Waals surface area contributed by atoms with Gasteiger partial charge in [0.15, 0.2) is 6.29 Å². The highest BCUT2D eigenvalue weighted by Gasteiger charge is 2.60. The molecule has 3 saturated carbocycles. The number of ether oxygens (including phenoxy) is 4. The zero-order valence-corrected chi connectivity index (χ0v) is 24.6. The summed E-state index contributed by atoms with van der Waals surface area (Å²) in [6.07, 6.45) is 16.2. The molecule has 6 heteroatoms. The van der Waals surface area contributed by atoms with Gasteiger partial charge in [-0.2, -0.15) is 0 Å². The van der Waals surface area contributed by atoms with Gasteiger partial charge < -0.3 is 18.9 Å². The van der Waals surface area contributed by atoms with Crippen LogP contribution < -0.4 is 0 Å². The fourth-order valence-electron chi connectivity index (χ4n) is 9.10. The van der Waals surface area contributed by atoms with Crippen molar-refractivity contribution in [2.45, 2.75) is 117 Å². The molecule has 5 aliphatic rings. The van der Waals surface area contributed by atoms with E-state index in [4.69, 9.17) is 18.9 Å². The maximum atomic E-state index is 11.8. The summed E-state index contributed by atoms with van der Waals surface area (Å²) in [5, 5.41) is 0. The van der Waals surface area contributed by atoms with Gasteiger partial charge in [-0.1, -0.05) is 38.3 Å². The molecular formula is C32H53NO5. The Morgan fingerprint density at radius 3 is 2.55 bits per heavy atom. The maximum absolute atomic E-state index is 11.8. The molecular weight excluding hydrogens is 478 g/mol. The van der Waals surface area contributed by atoms with E-state index in [1.165, 1.54) is 44.9 Å². The van der Waals surface area contributed by atoms with Gasteiger partial charge in [-0.05, 0) is 88.9 Å². The molecule has 2 saturated heterocycles. The van der Waals surface area contributed by atoms with Crippen molar-refractivity contribution < 1.29 is 23.7 Å². The fourth-order valence-corrected chi connectivity index (χ4v) is 9.10. The van der Waals surface area contributed by atoms with Crippen LogP contribution in [-0.4, -0.2) is 68.8 Å². The summed E-state index contributed by atoms with van der Waals surface area (Å²) in [4.78, 5) is 14.0. The van der Waals surface area contributed by atoms with E-state index in [2.05, 4.69) is 31.7 Å². The molecule has 0 spiro atoms. The summed E-state index contributed by atoms with van der Waals surface area (Å²) in [7, 11) is 0. The highest BCUT2D eigenvalue weighted by molar-refractivity contribution is 5.71. The Hall–Kier alpha value is -0.950. The van der Waals surface area contributed by atoms with Crippen LogP contribution >= 0.6 is 0 Å². The summed E-state index contributed by atoms with van der Waals surface area (Å²) in [5.41, 5.74) is 2.01. The van der Waals surface area contributed by atoms with Crippen molar-refractivity contribution >= 4 is 5.97 Å². The molecule has 216 valence electrons. The Bertz CT molecular complexity index is 832. The first-order chi connectivity index (χ1) is 18.4.